The number of nitrogens with zero attached hydrogens (tertiary/aromatic N) is 2. The minimum absolute atomic E-state index is 0.178. The lowest BCUT2D eigenvalue weighted by Crippen LogP contribution is -2.12. The van der Waals surface area contributed by atoms with E-state index in [0.29, 0.717) is 17.3 Å². The predicted octanol–water partition coefficient (Wildman–Crippen LogP) is 3.40. The highest BCUT2D eigenvalue weighted by atomic mass is 16.1. The fraction of sp³-hybridized carbons (Fsp3) is 0.188. The molecule has 2 aromatic rings. The third kappa shape index (κ3) is 4.02. The van der Waals surface area contributed by atoms with Gasteiger partial charge in [0.1, 0.15) is 12.1 Å². The Morgan fingerprint density at radius 2 is 1.95 bits per heavy atom. The fourth-order valence-electron chi connectivity index (χ4n) is 1.60. The highest BCUT2D eigenvalue weighted by Crippen LogP contribution is 2.10. The first-order valence-electron chi connectivity index (χ1n) is 6.51. The van der Waals surface area contributed by atoms with Crippen molar-refractivity contribution in [3.05, 3.63) is 60.1 Å². The molecule has 102 valence electrons. The number of carbonyl (C=O) groups is 1. The Bertz CT molecular complexity index is 589. The Morgan fingerprint density at radius 3 is 2.55 bits per heavy atom. The van der Waals surface area contributed by atoms with E-state index in [1.54, 1.807) is 24.4 Å². The Hall–Kier alpha value is -2.49. The largest absolute Gasteiger partial charge is 0.306 e. The average molecular weight is 267 g/mol. The van der Waals surface area contributed by atoms with Gasteiger partial charge in [-0.1, -0.05) is 38.1 Å². The number of allylic oxidation sites excluding steroid dienone is 1. The van der Waals surface area contributed by atoms with Gasteiger partial charge in [0.25, 0.3) is 5.91 Å². The quantitative estimate of drug-likeness (QED) is 0.923. The maximum absolute atomic E-state index is 12.0. The number of carbonyl (C=O) groups excluding carboxylic acids is 1. The van der Waals surface area contributed by atoms with Crippen LogP contribution < -0.4 is 5.32 Å². The zero-order valence-corrected chi connectivity index (χ0v) is 11.6. The summed E-state index contributed by atoms with van der Waals surface area (Å²) in [6.45, 7) is 4.25. The van der Waals surface area contributed by atoms with Gasteiger partial charge in [-0.2, -0.15) is 0 Å². The van der Waals surface area contributed by atoms with E-state index >= 15 is 0 Å². The molecule has 0 spiro atoms. The molecule has 0 fully saturated rings. The molecule has 1 aromatic carbocycles. The highest BCUT2D eigenvalue weighted by Gasteiger charge is 2.05. The molecule has 0 saturated heterocycles. The molecule has 0 aliphatic carbocycles. The predicted molar refractivity (Wildman–Crippen MR) is 80.3 cm³/mol. The van der Waals surface area contributed by atoms with Crippen molar-refractivity contribution in [2.75, 3.05) is 5.32 Å². The molecule has 0 aliphatic heterocycles. The van der Waals surface area contributed by atoms with Crippen LogP contribution in [-0.4, -0.2) is 15.9 Å². The van der Waals surface area contributed by atoms with Crippen LogP contribution in [0.4, 0.5) is 5.82 Å². The SMILES string of the molecule is CC(C)/C=C/c1ccc(C(=O)Nc2ccncn2)cc1. The summed E-state index contributed by atoms with van der Waals surface area (Å²) in [5, 5.41) is 2.72. The lowest BCUT2D eigenvalue weighted by molar-refractivity contribution is 0.102. The molecule has 0 aliphatic rings. The molecule has 0 unspecified atom stereocenters. The van der Waals surface area contributed by atoms with E-state index < -0.39 is 0 Å². The molecule has 1 heterocycles. The normalized spacial score (nSPS) is 10.9. The van der Waals surface area contributed by atoms with Gasteiger partial charge in [-0.3, -0.25) is 4.79 Å². The van der Waals surface area contributed by atoms with Crippen LogP contribution in [0.1, 0.15) is 29.8 Å². The number of aromatic nitrogens is 2. The van der Waals surface area contributed by atoms with Gasteiger partial charge < -0.3 is 5.32 Å². The number of hydrogen-bond acceptors (Lipinski definition) is 3. The Balaban J connectivity index is 2.04. The topological polar surface area (TPSA) is 54.9 Å². The number of anilines is 1. The molecular formula is C16H17N3O. The van der Waals surface area contributed by atoms with E-state index in [-0.39, 0.29) is 5.91 Å². The maximum Gasteiger partial charge on any atom is 0.256 e. The number of rotatable bonds is 4. The van der Waals surface area contributed by atoms with E-state index in [1.165, 1.54) is 6.33 Å². The second kappa shape index (κ2) is 6.61. The zero-order valence-electron chi connectivity index (χ0n) is 11.6. The van der Waals surface area contributed by atoms with Crippen molar-refractivity contribution in [1.82, 2.24) is 9.97 Å². The van der Waals surface area contributed by atoms with E-state index in [0.717, 1.165) is 5.56 Å². The Morgan fingerprint density at radius 1 is 1.20 bits per heavy atom. The monoisotopic (exact) mass is 267 g/mol. The molecule has 0 atom stereocenters. The third-order valence-electron chi connectivity index (χ3n) is 2.67. The lowest BCUT2D eigenvalue weighted by Gasteiger charge is -2.04. The standard InChI is InChI=1S/C16H17N3O/c1-12(2)3-4-13-5-7-14(8-6-13)16(20)19-15-9-10-17-11-18-15/h3-12H,1-2H3,(H,17,18,19,20)/b4-3+. The summed E-state index contributed by atoms with van der Waals surface area (Å²) >= 11 is 0. The maximum atomic E-state index is 12.0. The van der Waals surface area contributed by atoms with Gasteiger partial charge in [0.05, 0.1) is 0 Å². The summed E-state index contributed by atoms with van der Waals surface area (Å²) in [5.41, 5.74) is 1.68. The van der Waals surface area contributed by atoms with Crippen LogP contribution in [-0.2, 0) is 0 Å². The van der Waals surface area contributed by atoms with Gasteiger partial charge in [0.2, 0.25) is 0 Å². The molecule has 1 N–H and O–H groups in total. The van der Waals surface area contributed by atoms with Crippen LogP contribution in [0, 0.1) is 5.92 Å². The van der Waals surface area contributed by atoms with Crippen LogP contribution >= 0.6 is 0 Å². The summed E-state index contributed by atoms with van der Waals surface area (Å²) in [7, 11) is 0. The molecular weight excluding hydrogens is 250 g/mol. The molecule has 0 saturated carbocycles. The van der Waals surface area contributed by atoms with Crippen LogP contribution in [0.2, 0.25) is 0 Å². The van der Waals surface area contributed by atoms with E-state index in [4.69, 9.17) is 0 Å². The van der Waals surface area contributed by atoms with Gasteiger partial charge >= 0.3 is 0 Å². The van der Waals surface area contributed by atoms with Gasteiger partial charge in [-0.05, 0) is 29.7 Å². The second-order valence-corrected chi connectivity index (χ2v) is 4.77. The number of benzene rings is 1. The van der Waals surface area contributed by atoms with Crippen LogP contribution in [0.5, 0.6) is 0 Å². The van der Waals surface area contributed by atoms with Gasteiger partial charge in [-0.15, -0.1) is 0 Å². The van der Waals surface area contributed by atoms with Crippen molar-refractivity contribution in [3.8, 4) is 0 Å². The van der Waals surface area contributed by atoms with Gasteiger partial charge in [0, 0.05) is 11.8 Å². The molecule has 1 amide bonds. The van der Waals surface area contributed by atoms with Crippen molar-refractivity contribution in [1.29, 1.82) is 0 Å². The number of amides is 1. The van der Waals surface area contributed by atoms with E-state index in [2.05, 4.69) is 41.3 Å². The van der Waals surface area contributed by atoms with Gasteiger partial charge in [-0.25, -0.2) is 9.97 Å². The molecule has 20 heavy (non-hydrogen) atoms. The van der Waals surface area contributed by atoms with Crippen molar-refractivity contribution >= 4 is 17.8 Å². The smallest absolute Gasteiger partial charge is 0.256 e. The third-order valence-corrected chi connectivity index (χ3v) is 2.67. The molecule has 4 nitrogen and oxygen atoms in total. The van der Waals surface area contributed by atoms with Crippen molar-refractivity contribution in [2.45, 2.75) is 13.8 Å². The van der Waals surface area contributed by atoms with Crippen LogP contribution in [0.3, 0.4) is 0 Å². The highest BCUT2D eigenvalue weighted by molar-refractivity contribution is 6.03. The molecule has 2 rings (SSSR count). The summed E-state index contributed by atoms with van der Waals surface area (Å²) in [6.07, 6.45) is 7.16. The zero-order chi connectivity index (χ0) is 14.4. The molecule has 1 aromatic heterocycles. The summed E-state index contributed by atoms with van der Waals surface area (Å²) in [5.74, 6) is 0.826. The first-order valence-corrected chi connectivity index (χ1v) is 6.51. The van der Waals surface area contributed by atoms with Crippen LogP contribution in [0.25, 0.3) is 6.08 Å². The minimum Gasteiger partial charge on any atom is -0.306 e. The number of hydrogen-bond donors (Lipinski definition) is 1. The Kier molecular flexibility index (Phi) is 4.60. The Labute approximate surface area is 118 Å². The summed E-state index contributed by atoms with van der Waals surface area (Å²) < 4.78 is 0. The average Bonchev–Trinajstić information content (AvgIpc) is 2.46. The second-order valence-electron chi connectivity index (χ2n) is 4.77. The van der Waals surface area contributed by atoms with Crippen molar-refractivity contribution in [2.24, 2.45) is 5.92 Å². The van der Waals surface area contributed by atoms with E-state index in [9.17, 15) is 4.79 Å². The summed E-state index contributed by atoms with van der Waals surface area (Å²) in [6, 6.07) is 9.10. The van der Waals surface area contributed by atoms with Gasteiger partial charge in [0.15, 0.2) is 0 Å². The first-order chi connectivity index (χ1) is 9.65. The number of nitrogens with one attached hydrogen (secondary N) is 1. The fourth-order valence-corrected chi connectivity index (χ4v) is 1.60. The molecule has 4 heteroatoms. The van der Waals surface area contributed by atoms with Crippen molar-refractivity contribution < 1.29 is 4.79 Å². The lowest BCUT2D eigenvalue weighted by atomic mass is 10.1. The molecule has 0 bridgehead atoms. The minimum atomic E-state index is -0.178. The molecule has 0 radical (unpaired) electrons. The first kappa shape index (κ1) is 13.9. The van der Waals surface area contributed by atoms with Crippen LogP contribution in [0.15, 0.2) is 48.9 Å². The van der Waals surface area contributed by atoms with E-state index in [1.807, 2.05) is 12.1 Å². The summed E-state index contributed by atoms with van der Waals surface area (Å²) in [4.78, 5) is 19.8. The van der Waals surface area contributed by atoms with Crippen molar-refractivity contribution in [3.63, 3.8) is 0 Å².